The van der Waals surface area contributed by atoms with Crippen molar-refractivity contribution < 1.29 is 51.1 Å². The second-order valence-corrected chi connectivity index (χ2v) is 17.2. The molecule has 4 N–H and O–H groups in total. The lowest BCUT2D eigenvalue weighted by atomic mass is 9.97. The summed E-state index contributed by atoms with van der Waals surface area (Å²) in [6.45, 7) is 5.25. The van der Waals surface area contributed by atoms with E-state index >= 15 is 0 Å². The molecule has 21 heteroatoms. The molecule has 0 bridgehead atoms. The van der Waals surface area contributed by atoms with Crippen molar-refractivity contribution in [2.45, 2.75) is 49.8 Å². The highest BCUT2D eigenvalue weighted by Gasteiger charge is 2.34. The quantitative estimate of drug-likeness (QED) is 0.0875. The number of carboxylic acids is 1. The fourth-order valence-electron chi connectivity index (χ4n) is 4.15. The molecule has 5 rings (SSSR count). The van der Waals surface area contributed by atoms with Crippen molar-refractivity contribution in [2.75, 3.05) is 25.7 Å². The molecule has 1 aliphatic rings. The Morgan fingerprint density at radius 3 is 2.32 bits per heavy atom. The van der Waals surface area contributed by atoms with E-state index in [2.05, 4.69) is 21.5 Å². The second-order valence-electron chi connectivity index (χ2n) is 12.3. The normalized spacial score (nSPS) is 12.8. The minimum absolute atomic E-state index is 0.0434. The number of ketones is 1. The third kappa shape index (κ3) is 12.8. The topological polar surface area (TPSA) is 241 Å². The van der Waals surface area contributed by atoms with E-state index < -0.39 is 53.2 Å². The molecule has 0 radical (unpaired) electrons. The van der Waals surface area contributed by atoms with Crippen LogP contribution >= 0.6 is 42.4 Å². The maximum atomic E-state index is 12.6. The smallest absolute Gasteiger partial charge is 0.442 e. The molecule has 1 saturated carbocycles. The molecule has 0 atom stereocenters. The maximum absolute atomic E-state index is 12.6. The first-order chi connectivity index (χ1) is 24.5. The van der Waals surface area contributed by atoms with Crippen molar-refractivity contribution in [1.82, 2.24) is 20.3 Å². The van der Waals surface area contributed by atoms with E-state index in [1.807, 2.05) is 20.8 Å². The van der Waals surface area contributed by atoms with Gasteiger partial charge in [0.1, 0.15) is 12.4 Å². The molecule has 2 aromatic heterocycles. The molecule has 53 heavy (non-hydrogen) atoms. The number of carbonyl (C=O) groups excluding carboxylic acids is 1. The Morgan fingerprint density at radius 2 is 1.79 bits per heavy atom. The number of sulfone groups is 1. The largest absolute Gasteiger partial charge is 0.480 e. The SMILES string of the molecule is C#CCOc1cc(-n2nc(C(C)(C)C)oc2=O)c(Cl)cc1Cl.CS(=O)(=O)c1cc(Cl)ccc1C(=O)c1cnoc1C1CC1.O=C(O)CNCP(=O)(O)O. The highest BCUT2D eigenvalue weighted by Crippen LogP contribution is 2.42. The van der Waals surface area contributed by atoms with Gasteiger partial charge in [-0.05, 0) is 37.1 Å². The fourth-order valence-corrected chi connectivity index (χ4v) is 6.21. The molecule has 1 fully saturated rings. The van der Waals surface area contributed by atoms with Gasteiger partial charge in [0.25, 0.3) is 0 Å². The number of nitrogens with zero attached hydrogens (tertiary/aromatic N) is 3. The summed E-state index contributed by atoms with van der Waals surface area (Å²) in [6.07, 6.45) is 8.85. The summed E-state index contributed by atoms with van der Waals surface area (Å²) in [4.78, 5) is 50.7. The number of benzene rings is 2. The van der Waals surface area contributed by atoms with Gasteiger partial charge >= 0.3 is 19.3 Å². The van der Waals surface area contributed by atoms with Crippen molar-refractivity contribution in [3.8, 4) is 23.8 Å². The molecule has 4 aromatic rings. The molecular formula is C32H34Cl3N4O12PS. The van der Waals surface area contributed by atoms with Crippen LogP contribution in [0.1, 0.15) is 67.1 Å². The van der Waals surface area contributed by atoms with E-state index in [1.54, 1.807) is 0 Å². The van der Waals surface area contributed by atoms with Crippen molar-refractivity contribution in [1.29, 1.82) is 0 Å². The Bertz CT molecular complexity index is 2230. The molecule has 0 spiro atoms. The van der Waals surface area contributed by atoms with Crippen LogP contribution in [0.25, 0.3) is 5.69 Å². The maximum Gasteiger partial charge on any atom is 0.442 e. The zero-order valence-corrected chi connectivity index (χ0v) is 32.5. The number of aliphatic carboxylic acids is 1. The lowest BCUT2D eigenvalue weighted by molar-refractivity contribution is -0.135. The van der Waals surface area contributed by atoms with Crippen LogP contribution in [0, 0.1) is 12.3 Å². The van der Waals surface area contributed by atoms with Crippen molar-refractivity contribution >= 4 is 64.0 Å². The van der Waals surface area contributed by atoms with Crippen LogP contribution in [0.4, 0.5) is 0 Å². The molecule has 1 aliphatic carbocycles. The lowest BCUT2D eigenvalue weighted by Crippen LogP contribution is -2.23. The van der Waals surface area contributed by atoms with E-state index in [-0.39, 0.29) is 38.1 Å². The van der Waals surface area contributed by atoms with Gasteiger partial charge in [-0.25, -0.2) is 13.2 Å². The minimum Gasteiger partial charge on any atom is -0.480 e. The summed E-state index contributed by atoms with van der Waals surface area (Å²) >= 11 is 18.0. The van der Waals surface area contributed by atoms with Gasteiger partial charge in [0, 0.05) is 34.2 Å². The van der Waals surface area contributed by atoms with Crippen LogP contribution in [-0.2, 0) is 24.6 Å². The molecule has 0 amide bonds. The van der Waals surface area contributed by atoms with Crippen molar-refractivity contribution in [3.05, 3.63) is 84.9 Å². The number of carbonyl (C=O) groups is 2. The number of carboxylic acid groups (broad SMARTS) is 1. The van der Waals surface area contributed by atoms with Gasteiger partial charge in [0.2, 0.25) is 5.89 Å². The van der Waals surface area contributed by atoms with Crippen LogP contribution in [0.3, 0.4) is 0 Å². The molecule has 2 aromatic carbocycles. The number of hydrogen-bond donors (Lipinski definition) is 4. The molecule has 0 aliphatic heterocycles. The Kier molecular flexibility index (Phi) is 14.7. The third-order valence-corrected chi connectivity index (χ3v) is 9.31. The minimum atomic E-state index is -4.10. The van der Waals surface area contributed by atoms with Gasteiger partial charge in [0.15, 0.2) is 21.4 Å². The molecule has 286 valence electrons. The van der Waals surface area contributed by atoms with Gasteiger partial charge < -0.3 is 28.6 Å². The lowest BCUT2D eigenvalue weighted by Gasteiger charge is -2.11. The Hall–Kier alpha value is -3.98. The summed E-state index contributed by atoms with van der Waals surface area (Å²) in [5, 5.41) is 18.7. The number of terminal acetylenes is 1. The highest BCUT2D eigenvalue weighted by atomic mass is 35.5. The summed E-state index contributed by atoms with van der Waals surface area (Å²) in [5.41, 5.74) is 0.311. The Balaban J connectivity index is 0.000000230. The second kappa shape index (κ2) is 17.9. The highest BCUT2D eigenvalue weighted by molar-refractivity contribution is 7.90. The summed E-state index contributed by atoms with van der Waals surface area (Å²) < 4.78 is 50.5. The van der Waals surface area contributed by atoms with Crippen LogP contribution in [-0.4, -0.2) is 75.7 Å². The fraction of sp³-hybridized carbons (Fsp3) is 0.344. The van der Waals surface area contributed by atoms with Crippen LogP contribution in [0.5, 0.6) is 5.75 Å². The average molecular weight is 836 g/mol. The average Bonchev–Trinajstić information content (AvgIpc) is 3.62. The van der Waals surface area contributed by atoms with Crippen LogP contribution in [0.15, 0.2) is 55.2 Å². The number of hydrogen-bond acceptors (Lipinski definition) is 12. The molecule has 0 saturated heterocycles. The third-order valence-electron chi connectivity index (χ3n) is 6.70. The van der Waals surface area contributed by atoms with Crippen LogP contribution in [0.2, 0.25) is 15.1 Å². The molecule has 2 heterocycles. The van der Waals surface area contributed by atoms with Gasteiger partial charge in [-0.15, -0.1) is 11.5 Å². The standard InChI is InChI=1S/C15H14Cl2N2O3.C14H12ClNO4S.C3H8NO5P/c1-5-6-21-12-8-11(9(16)7-10(12)17)19-14(20)22-13(18-19)15(2,3)4;1-21(18,19)12-6-9(15)4-5-10(12)13(17)11-7-16-20-14(11)8-2-3-8;5-3(6)1-4-2-10(7,8)9/h1,7-8H,6H2,2-4H3;4-8H,2-3H2,1H3;4H,1-2H2,(H,5,6)(H2,7,8,9). The summed E-state index contributed by atoms with van der Waals surface area (Å²) in [7, 11) is -7.66. The molecule has 16 nitrogen and oxygen atoms in total. The predicted molar refractivity (Wildman–Crippen MR) is 194 cm³/mol. The van der Waals surface area contributed by atoms with Gasteiger partial charge in [-0.1, -0.05) is 66.7 Å². The van der Waals surface area contributed by atoms with Crippen LogP contribution < -0.4 is 15.8 Å². The van der Waals surface area contributed by atoms with Gasteiger partial charge in [-0.2, -0.15) is 4.68 Å². The predicted octanol–water partition coefficient (Wildman–Crippen LogP) is 5.08. The van der Waals surface area contributed by atoms with Crippen molar-refractivity contribution in [3.63, 3.8) is 0 Å². The molecule has 0 unspecified atom stereocenters. The monoisotopic (exact) mass is 834 g/mol. The Labute approximate surface area is 318 Å². The summed E-state index contributed by atoms with van der Waals surface area (Å²) in [5.74, 6) is 1.50. The van der Waals surface area contributed by atoms with Crippen molar-refractivity contribution in [2.24, 2.45) is 0 Å². The number of rotatable bonds is 11. The first kappa shape index (κ1) is 43.4. The summed E-state index contributed by atoms with van der Waals surface area (Å²) in [6, 6.07) is 7.16. The van der Waals surface area contributed by atoms with E-state index in [0.29, 0.717) is 28.7 Å². The van der Waals surface area contributed by atoms with E-state index in [0.717, 1.165) is 23.8 Å². The number of halogens is 3. The first-order valence-corrected chi connectivity index (χ1v) is 20.0. The number of aromatic nitrogens is 3. The zero-order chi connectivity index (χ0) is 39.9. The zero-order valence-electron chi connectivity index (χ0n) is 28.5. The van der Waals surface area contributed by atoms with E-state index in [1.165, 1.54) is 36.5 Å². The van der Waals surface area contributed by atoms with E-state index in [9.17, 15) is 27.4 Å². The number of ether oxygens (including phenoxy) is 1. The van der Waals surface area contributed by atoms with Gasteiger partial charge in [0.05, 0.1) is 45.2 Å². The molecular weight excluding hydrogens is 802 g/mol. The van der Waals surface area contributed by atoms with E-state index in [4.69, 9.17) is 69.8 Å². The Morgan fingerprint density at radius 1 is 1.13 bits per heavy atom. The van der Waals surface area contributed by atoms with Gasteiger partial charge in [-0.3, -0.25) is 19.5 Å². The number of nitrogens with one attached hydrogen (secondary N) is 1. The first-order valence-electron chi connectivity index (χ1n) is 15.2.